The van der Waals surface area contributed by atoms with E-state index in [0.29, 0.717) is 0 Å². The molecule has 0 spiro atoms. The van der Waals surface area contributed by atoms with Crippen molar-refractivity contribution in [2.45, 2.75) is 35.7 Å². The summed E-state index contributed by atoms with van der Waals surface area (Å²) in [6.07, 6.45) is 4.16. The van der Waals surface area contributed by atoms with Gasteiger partial charge in [-0.25, -0.2) is 0 Å². The van der Waals surface area contributed by atoms with Gasteiger partial charge >= 0.3 is 0 Å². The van der Waals surface area contributed by atoms with Gasteiger partial charge in [-0.2, -0.15) is 0 Å². The molecule has 3 aromatic rings. The van der Waals surface area contributed by atoms with E-state index in [1.807, 2.05) is 25.3 Å². The zero-order valence-electron chi connectivity index (χ0n) is 16.7. The number of hydrogen-bond donors (Lipinski definition) is 3. The summed E-state index contributed by atoms with van der Waals surface area (Å²) in [7, 11) is 2.06. The van der Waals surface area contributed by atoms with Gasteiger partial charge in [-0.1, -0.05) is 11.8 Å². The highest BCUT2D eigenvalue weighted by molar-refractivity contribution is 7.99. The van der Waals surface area contributed by atoms with Gasteiger partial charge in [0.05, 0.1) is 0 Å². The number of rotatable bonds is 6. The molecule has 0 bridgehead atoms. The summed E-state index contributed by atoms with van der Waals surface area (Å²) >= 11 is 1.56. The van der Waals surface area contributed by atoms with Crippen molar-refractivity contribution >= 4 is 23.4 Å². The zero-order chi connectivity index (χ0) is 21.1. The Labute approximate surface area is 179 Å². The molecular formula is C22H23N5O2S. The lowest BCUT2D eigenvalue weighted by molar-refractivity contribution is -0.121. The van der Waals surface area contributed by atoms with E-state index in [4.69, 9.17) is 0 Å². The van der Waals surface area contributed by atoms with Crippen LogP contribution in [-0.2, 0) is 11.3 Å². The molecule has 0 radical (unpaired) electrons. The number of anilines is 1. The van der Waals surface area contributed by atoms with Crippen LogP contribution in [0.15, 0.2) is 70.8 Å². The van der Waals surface area contributed by atoms with E-state index >= 15 is 0 Å². The summed E-state index contributed by atoms with van der Waals surface area (Å²) in [5, 5.41) is 14.9. The Balaban J connectivity index is 1.47. The Morgan fingerprint density at radius 3 is 2.67 bits per heavy atom. The number of nitrogens with zero attached hydrogens (tertiary/aromatic N) is 3. The van der Waals surface area contributed by atoms with Crippen LogP contribution in [0.4, 0.5) is 5.69 Å². The number of aryl methyl sites for hydroxylation is 1. The van der Waals surface area contributed by atoms with Crippen molar-refractivity contribution in [3.05, 3.63) is 77.9 Å². The molecule has 1 amide bonds. The van der Waals surface area contributed by atoms with Gasteiger partial charge in [0.2, 0.25) is 5.91 Å². The van der Waals surface area contributed by atoms with E-state index < -0.39 is 12.4 Å². The van der Waals surface area contributed by atoms with E-state index in [1.54, 1.807) is 24.2 Å². The lowest BCUT2D eigenvalue weighted by Gasteiger charge is -2.20. The maximum Gasteiger partial charge on any atom is 0.244 e. The number of benzene rings is 1. The lowest BCUT2D eigenvalue weighted by atomic mass is 10.1. The Hall–Kier alpha value is -2.94. The van der Waals surface area contributed by atoms with Crippen LogP contribution < -0.4 is 15.5 Å². The third kappa shape index (κ3) is 4.62. The van der Waals surface area contributed by atoms with Crippen LogP contribution in [0.2, 0.25) is 0 Å². The highest BCUT2D eigenvalue weighted by Gasteiger charge is 2.32. The van der Waals surface area contributed by atoms with Crippen LogP contribution in [0.5, 0.6) is 0 Å². The summed E-state index contributed by atoms with van der Waals surface area (Å²) in [5.74, 6) is -0.263. The second kappa shape index (κ2) is 8.83. The molecule has 30 heavy (non-hydrogen) atoms. The topological polar surface area (TPSA) is 90.4 Å². The second-order valence-electron chi connectivity index (χ2n) is 7.18. The zero-order valence-corrected chi connectivity index (χ0v) is 17.6. The molecule has 1 fully saturated rings. The number of pyridine rings is 2. The molecule has 4 rings (SSSR count). The number of carbonyl (C=O) groups is 1. The first-order valence-electron chi connectivity index (χ1n) is 9.58. The number of hydrogen-bond acceptors (Lipinski definition) is 7. The molecule has 1 aliphatic heterocycles. The van der Waals surface area contributed by atoms with E-state index in [1.165, 1.54) is 5.56 Å². The number of aromatic nitrogens is 2. The quantitative estimate of drug-likeness (QED) is 0.564. The van der Waals surface area contributed by atoms with Gasteiger partial charge in [0.1, 0.15) is 6.04 Å². The second-order valence-corrected chi connectivity index (χ2v) is 8.30. The van der Waals surface area contributed by atoms with Crippen LogP contribution in [0, 0.1) is 6.92 Å². The van der Waals surface area contributed by atoms with Crippen molar-refractivity contribution in [3.63, 3.8) is 0 Å². The van der Waals surface area contributed by atoms with Gasteiger partial charge in [0.15, 0.2) is 6.35 Å². The summed E-state index contributed by atoms with van der Waals surface area (Å²) < 4.78 is 0. The van der Waals surface area contributed by atoms with E-state index in [-0.39, 0.29) is 5.91 Å². The number of amides is 1. The van der Waals surface area contributed by atoms with Gasteiger partial charge in [-0.05, 0) is 55.0 Å². The highest BCUT2D eigenvalue weighted by atomic mass is 32.2. The fourth-order valence-electron chi connectivity index (χ4n) is 3.39. The van der Waals surface area contributed by atoms with Crippen LogP contribution >= 0.6 is 11.8 Å². The first kappa shape index (κ1) is 20.3. The molecule has 0 saturated carbocycles. The standard InChI is InChI=1S/C22H23N5O2S/c1-14-11-15(7-10-24-14)13-27(2)16-3-5-17(6-4-16)30-19-8-9-23-12-18(19)20-21(28)26-22(29)25-20/h3-12,20,22,25,29H,13H2,1-2H3,(H,26,28). The Bertz CT molecular complexity index is 1040. The van der Waals surface area contributed by atoms with Gasteiger partial charge in [0.25, 0.3) is 0 Å². The third-order valence-corrected chi connectivity index (χ3v) is 5.97. The molecule has 3 heterocycles. The molecular weight excluding hydrogens is 398 g/mol. The molecule has 8 heteroatoms. The molecule has 2 atom stereocenters. The fraction of sp³-hybridized carbons (Fsp3) is 0.227. The van der Waals surface area contributed by atoms with Gasteiger partial charge in [0, 0.05) is 58.9 Å². The average molecular weight is 422 g/mol. The molecule has 3 N–H and O–H groups in total. The average Bonchev–Trinajstić information content (AvgIpc) is 3.07. The van der Waals surface area contributed by atoms with Crippen LogP contribution in [-0.4, -0.2) is 34.4 Å². The Morgan fingerprint density at radius 2 is 1.97 bits per heavy atom. The molecule has 1 saturated heterocycles. The summed E-state index contributed by atoms with van der Waals surface area (Å²) in [6, 6.07) is 13.7. The first-order chi connectivity index (χ1) is 14.5. The highest BCUT2D eigenvalue weighted by Crippen LogP contribution is 2.34. The summed E-state index contributed by atoms with van der Waals surface area (Å²) in [5.41, 5.74) is 4.09. The number of aliphatic hydroxyl groups excluding tert-OH is 1. The summed E-state index contributed by atoms with van der Waals surface area (Å²) in [4.78, 5) is 24.7. The van der Waals surface area contributed by atoms with Crippen molar-refractivity contribution in [2.75, 3.05) is 11.9 Å². The van der Waals surface area contributed by atoms with Crippen molar-refractivity contribution in [1.82, 2.24) is 20.6 Å². The lowest BCUT2D eigenvalue weighted by Crippen LogP contribution is -2.31. The monoisotopic (exact) mass is 421 g/mol. The maximum absolute atomic E-state index is 12.1. The number of nitrogens with one attached hydrogen (secondary N) is 2. The van der Waals surface area contributed by atoms with Crippen molar-refractivity contribution in [1.29, 1.82) is 0 Å². The Kier molecular flexibility index (Phi) is 5.98. The normalized spacial score (nSPS) is 18.3. The molecule has 0 aliphatic carbocycles. The van der Waals surface area contributed by atoms with Crippen molar-refractivity contribution < 1.29 is 9.90 Å². The minimum atomic E-state index is -1.04. The fourth-order valence-corrected chi connectivity index (χ4v) is 4.33. The minimum absolute atomic E-state index is 0.263. The van der Waals surface area contributed by atoms with Crippen LogP contribution in [0.25, 0.3) is 0 Å². The van der Waals surface area contributed by atoms with Gasteiger partial charge < -0.3 is 15.3 Å². The van der Waals surface area contributed by atoms with E-state index in [0.717, 1.165) is 33.3 Å². The summed E-state index contributed by atoms with van der Waals surface area (Å²) in [6.45, 7) is 2.80. The van der Waals surface area contributed by atoms with E-state index in [2.05, 4.69) is 62.9 Å². The predicted molar refractivity (Wildman–Crippen MR) is 116 cm³/mol. The van der Waals surface area contributed by atoms with E-state index in [9.17, 15) is 9.90 Å². The number of aliphatic hydroxyl groups is 1. The molecule has 154 valence electrons. The van der Waals surface area contributed by atoms with Gasteiger partial charge in [-0.3, -0.25) is 20.1 Å². The first-order valence-corrected chi connectivity index (χ1v) is 10.4. The molecule has 7 nitrogen and oxygen atoms in total. The van der Waals surface area contributed by atoms with Crippen molar-refractivity contribution in [2.24, 2.45) is 0 Å². The molecule has 2 unspecified atom stereocenters. The smallest absolute Gasteiger partial charge is 0.244 e. The van der Waals surface area contributed by atoms with Crippen molar-refractivity contribution in [3.8, 4) is 0 Å². The molecule has 1 aromatic carbocycles. The largest absolute Gasteiger partial charge is 0.370 e. The van der Waals surface area contributed by atoms with Gasteiger partial charge in [-0.15, -0.1) is 0 Å². The number of carbonyl (C=O) groups excluding carboxylic acids is 1. The van der Waals surface area contributed by atoms with Crippen LogP contribution in [0.1, 0.15) is 22.9 Å². The third-order valence-electron chi connectivity index (χ3n) is 4.87. The minimum Gasteiger partial charge on any atom is -0.370 e. The SMILES string of the molecule is Cc1cc(CN(C)c2ccc(Sc3ccncc3C3NC(O)NC3=O)cc2)ccn1. The van der Waals surface area contributed by atoms with Crippen LogP contribution in [0.3, 0.4) is 0 Å². The Morgan fingerprint density at radius 1 is 1.17 bits per heavy atom. The molecule has 2 aromatic heterocycles. The maximum atomic E-state index is 12.1. The predicted octanol–water partition coefficient (Wildman–Crippen LogP) is 2.61. The molecule has 1 aliphatic rings.